The largest absolute Gasteiger partial charge is 0.496 e. The molecule has 2 aliphatic rings. The van der Waals surface area contributed by atoms with Crippen LogP contribution >= 0.6 is 24.8 Å². The van der Waals surface area contributed by atoms with Gasteiger partial charge in [0.2, 0.25) is 0 Å². The van der Waals surface area contributed by atoms with Crippen LogP contribution in [-0.2, 0) is 0 Å². The molecule has 1 saturated carbocycles. The number of halogens is 3. The zero-order valence-corrected chi connectivity index (χ0v) is 13.8. The molecule has 6 heteroatoms. The quantitative estimate of drug-likeness (QED) is 0.914. The van der Waals surface area contributed by atoms with Crippen LogP contribution in [0.1, 0.15) is 24.4 Å². The Balaban J connectivity index is 0.00000110. The van der Waals surface area contributed by atoms with Crippen molar-refractivity contribution < 1.29 is 9.13 Å². The van der Waals surface area contributed by atoms with E-state index in [-0.39, 0.29) is 36.7 Å². The summed E-state index contributed by atoms with van der Waals surface area (Å²) in [5.41, 5.74) is 0.759. The highest BCUT2D eigenvalue weighted by Gasteiger charge is 2.39. The van der Waals surface area contributed by atoms with Gasteiger partial charge in [-0.25, -0.2) is 4.39 Å². The van der Waals surface area contributed by atoms with Crippen molar-refractivity contribution in [3.63, 3.8) is 0 Å². The molecule has 1 saturated heterocycles. The molecule has 1 aliphatic heterocycles. The van der Waals surface area contributed by atoms with E-state index in [0.717, 1.165) is 31.7 Å². The second-order valence-electron chi connectivity index (χ2n) is 5.42. The van der Waals surface area contributed by atoms with Crippen LogP contribution in [0.25, 0.3) is 0 Å². The summed E-state index contributed by atoms with van der Waals surface area (Å²) >= 11 is 0. The second kappa shape index (κ2) is 8.18. The van der Waals surface area contributed by atoms with Crippen molar-refractivity contribution in [3.05, 3.63) is 29.6 Å². The molecule has 0 radical (unpaired) electrons. The van der Waals surface area contributed by atoms with Crippen molar-refractivity contribution in [1.29, 1.82) is 0 Å². The van der Waals surface area contributed by atoms with E-state index in [1.807, 2.05) is 6.07 Å². The predicted octanol–water partition coefficient (Wildman–Crippen LogP) is 3.03. The lowest BCUT2D eigenvalue weighted by atomic mass is 9.98. The average molecular weight is 337 g/mol. The summed E-state index contributed by atoms with van der Waals surface area (Å²) in [6.45, 7) is 3.94. The van der Waals surface area contributed by atoms with E-state index >= 15 is 0 Å². The normalized spacial score (nSPS) is 20.1. The summed E-state index contributed by atoms with van der Waals surface area (Å²) in [5.74, 6) is 1.15. The molecule has 1 heterocycles. The molecule has 0 amide bonds. The molecule has 120 valence electrons. The van der Waals surface area contributed by atoms with Gasteiger partial charge in [-0.3, -0.25) is 4.90 Å². The maximum Gasteiger partial charge on any atom is 0.131 e. The molecule has 0 unspecified atom stereocenters. The van der Waals surface area contributed by atoms with Crippen LogP contribution < -0.4 is 10.1 Å². The molecule has 3 nitrogen and oxygen atoms in total. The smallest absolute Gasteiger partial charge is 0.131 e. The number of hydrogen-bond donors (Lipinski definition) is 1. The SMILES string of the molecule is COc1cccc(F)c1[C@H](C1CC1)N1CCNCC1.Cl.Cl. The van der Waals surface area contributed by atoms with E-state index in [2.05, 4.69) is 10.2 Å². The Bertz CT molecular complexity index is 451. The fourth-order valence-corrected chi connectivity index (χ4v) is 3.07. The molecule has 1 aliphatic carbocycles. The number of nitrogens with zero attached hydrogens (tertiary/aromatic N) is 1. The maximum atomic E-state index is 14.3. The lowest BCUT2D eigenvalue weighted by Crippen LogP contribution is -2.46. The van der Waals surface area contributed by atoms with Gasteiger partial charge in [0.05, 0.1) is 7.11 Å². The van der Waals surface area contributed by atoms with Gasteiger partial charge in [0.1, 0.15) is 11.6 Å². The third-order valence-corrected chi connectivity index (χ3v) is 4.14. The average Bonchev–Trinajstić information content (AvgIpc) is 3.27. The van der Waals surface area contributed by atoms with Crippen molar-refractivity contribution in [1.82, 2.24) is 10.2 Å². The van der Waals surface area contributed by atoms with E-state index in [1.165, 1.54) is 12.8 Å². The lowest BCUT2D eigenvalue weighted by molar-refractivity contribution is 0.150. The summed E-state index contributed by atoms with van der Waals surface area (Å²) in [5, 5.41) is 3.36. The van der Waals surface area contributed by atoms with Gasteiger partial charge in [0.25, 0.3) is 0 Å². The van der Waals surface area contributed by atoms with Crippen LogP contribution in [-0.4, -0.2) is 38.2 Å². The van der Waals surface area contributed by atoms with E-state index in [4.69, 9.17) is 4.74 Å². The Hall–Kier alpha value is -0.550. The number of rotatable bonds is 4. The van der Waals surface area contributed by atoms with Gasteiger partial charge in [0, 0.05) is 37.8 Å². The number of hydrogen-bond acceptors (Lipinski definition) is 3. The Morgan fingerprint density at radius 2 is 1.90 bits per heavy atom. The van der Waals surface area contributed by atoms with Gasteiger partial charge < -0.3 is 10.1 Å². The first kappa shape index (κ1) is 18.5. The molecule has 1 aromatic carbocycles. The maximum absolute atomic E-state index is 14.3. The van der Waals surface area contributed by atoms with Crippen molar-refractivity contribution in [2.75, 3.05) is 33.3 Å². The Labute approximate surface area is 138 Å². The van der Waals surface area contributed by atoms with Gasteiger partial charge in [-0.15, -0.1) is 24.8 Å². The van der Waals surface area contributed by atoms with Crippen LogP contribution in [0.3, 0.4) is 0 Å². The van der Waals surface area contributed by atoms with Crippen molar-refractivity contribution in [2.24, 2.45) is 5.92 Å². The van der Waals surface area contributed by atoms with E-state index in [9.17, 15) is 4.39 Å². The molecular weight excluding hydrogens is 314 g/mol. The predicted molar refractivity (Wildman–Crippen MR) is 87.4 cm³/mol. The van der Waals surface area contributed by atoms with Gasteiger partial charge in [-0.2, -0.15) is 0 Å². The van der Waals surface area contributed by atoms with Crippen molar-refractivity contribution in [3.8, 4) is 5.75 Å². The van der Waals surface area contributed by atoms with Crippen molar-refractivity contribution >= 4 is 24.8 Å². The fourth-order valence-electron chi connectivity index (χ4n) is 3.07. The molecule has 3 rings (SSSR count). The monoisotopic (exact) mass is 336 g/mol. The molecule has 21 heavy (non-hydrogen) atoms. The van der Waals surface area contributed by atoms with Crippen LogP contribution in [0.5, 0.6) is 5.75 Å². The highest BCUT2D eigenvalue weighted by Crippen LogP contribution is 2.47. The number of benzene rings is 1. The number of ether oxygens (including phenoxy) is 1. The first-order valence-electron chi connectivity index (χ1n) is 7.08. The molecule has 0 spiro atoms. The topological polar surface area (TPSA) is 24.5 Å². The zero-order chi connectivity index (χ0) is 13.2. The van der Waals surface area contributed by atoms with E-state index in [0.29, 0.717) is 11.7 Å². The molecule has 1 N–H and O–H groups in total. The summed E-state index contributed by atoms with van der Waals surface area (Å²) in [4.78, 5) is 2.41. The van der Waals surface area contributed by atoms with Gasteiger partial charge in [-0.1, -0.05) is 6.07 Å². The summed E-state index contributed by atoms with van der Waals surface area (Å²) in [6.07, 6.45) is 2.40. The second-order valence-corrected chi connectivity index (χ2v) is 5.42. The van der Waals surface area contributed by atoms with Gasteiger partial charge in [0.15, 0.2) is 0 Å². The minimum atomic E-state index is -0.130. The third kappa shape index (κ3) is 4.01. The minimum absolute atomic E-state index is 0. The first-order valence-corrected chi connectivity index (χ1v) is 7.08. The fraction of sp³-hybridized carbons (Fsp3) is 0.600. The molecule has 1 aromatic rings. The molecule has 0 bridgehead atoms. The first-order chi connectivity index (χ1) is 9.31. The Morgan fingerprint density at radius 3 is 2.48 bits per heavy atom. The number of methoxy groups -OCH3 is 1. The highest BCUT2D eigenvalue weighted by molar-refractivity contribution is 5.85. The molecular formula is C15H23Cl2FN2O. The minimum Gasteiger partial charge on any atom is -0.496 e. The molecule has 0 aromatic heterocycles. The lowest BCUT2D eigenvalue weighted by Gasteiger charge is -2.36. The summed E-state index contributed by atoms with van der Waals surface area (Å²) < 4.78 is 19.7. The van der Waals surface area contributed by atoms with Crippen molar-refractivity contribution in [2.45, 2.75) is 18.9 Å². The number of nitrogens with one attached hydrogen (secondary N) is 1. The Morgan fingerprint density at radius 1 is 1.24 bits per heavy atom. The van der Waals surface area contributed by atoms with Gasteiger partial charge >= 0.3 is 0 Å². The van der Waals surface area contributed by atoms with Crippen LogP contribution in [0, 0.1) is 11.7 Å². The molecule has 2 fully saturated rings. The van der Waals surface area contributed by atoms with Crippen LogP contribution in [0.2, 0.25) is 0 Å². The van der Waals surface area contributed by atoms with E-state index < -0.39 is 0 Å². The van der Waals surface area contributed by atoms with Crippen LogP contribution in [0.4, 0.5) is 4.39 Å². The number of piperazine rings is 1. The standard InChI is InChI=1S/C15H21FN2O.2ClH/c1-19-13-4-2-3-12(16)14(13)15(11-5-6-11)18-9-7-17-8-10-18;;/h2-4,11,15,17H,5-10H2,1H3;2*1H/t15-;;/m0../s1. The summed E-state index contributed by atoms with van der Waals surface area (Å²) in [7, 11) is 1.62. The highest BCUT2D eigenvalue weighted by atomic mass is 35.5. The zero-order valence-electron chi connectivity index (χ0n) is 12.2. The van der Waals surface area contributed by atoms with Gasteiger partial charge in [-0.05, 0) is 30.9 Å². The molecule has 1 atom stereocenters. The summed E-state index contributed by atoms with van der Waals surface area (Å²) in [6, 6.07) is 5.32. The third-order valence-electron chi connectivity index (χ3n) is 4.14. The Kier molecular flexibility index (Phi) is 7.21. The van der Waals surface area contributed by atoms with E-state index in [1.54, 1.807) is 19.2 Å². The van der Waals surface area contributed by atoms with Crippen LogP contribution in [0.15, 0.2) is 18.2 Å².